The number of aromatic nitrogens is 3. The summed E-state index contributed by atoms with van der Waals surface area (Å²) >= 11 is 1.11. The molecule has 0 spiro atoms. The summed E-state index contributed by atoms with van der Waals surface area (Å²) in [6.45, 7) is 2.05. The highest BCUT2D eigenvalue weighted by molar-refractivity contribution is 7.99. The highest BCUT2D eigenvalue weighted by Gasteiger charge is 2.16. The molecule has 0 radical (unpaired) electrons. The minimum Gasteiger partial charge on any atom is -0.497 e. The Balaban J connectivity index is 1.56. The quantitative estimate of drug-likeness (QED) is 0.268. The maximum atomic E-state index is 12.4. The average Bonchev–Trinajstić information content (AvgIpc) is 3.16. The fourth-order valence-corrected chi connectivity index (χ4v) is 3.31. The number of para-hydroxylation sites is 1. The van der Waals surface area contributed by atoms with E-state index in [9.17, 15) is 9.59 Å². The first-order chi connectivity index (χ1) is 15.5. The number of ether oxygens (including phenoxy) is 3. The number of rotatable bonds is 10. The zero-order valence-corrected chi connectivity index (χ0v) is 18.4. The van der Waals surface area contributed by atoms with Gasteiger partial charge in [-0.15, -0.1) is 10.2 Å². The van der Waals surface area contributed by atoms with Crippen molar-refractivity contribution < 1.29 is 23.8 Å². The number of nitrogens with zero attached hydrogens (tertiary/aromatic N) is 3. The van der Waals surface area contributed by atoms with Crippen molar-refractivity contribution >= 4 is 29.3 Å². The van der Waals surface area contributed by atoms with Gasteiger partial charge in [-0.05, 0) is 31.2 Å². The first kappa shape index (κ1) is 22.9. The van der Waals surface area contributed by atoms with E-state index >= 15 is 0 Å². The van der Waals surface area contributed by atoms with E-state index < -0.39 is 5.97 Å². The second-order valence-corrected chi connectivity index (χ2v) is 7.28. The van der Waals surface area contributed by atoms with Gasteiger partial charge in [0.2, 0.25) is 11.1 Å². The third kappa shape index (κ3) is 5.91. The lowest BCUT2D eigenvalue weighted by atomic mass is 10.2. The number of nitrogen functional groups attached to an aromatic ring is 1. The van der Waals surface area contributed by atoms with Gasteiger partial charge in [0.05, 0.1) is 30.7 Å². The van der Waals surface area contributed by atoms with Crippen molar-refractivity contribution in [2.45, 2.75) is 18.7 Å². The molecular formula is C21H23N5O5S. The predicted octanol–water partition coefficient (Wildman–Crippen LogP) is 2.49. The second-order valence-electron chi connectivity index (χ2n) is 6.34. The number of thioether (sulfide) groups is 1. The molecule has 168 valence electrons. The van der Waals surface area contributed by atoms with E-state index in [0.717, 1.165) is 11.8 Å². The molecule has 1 amide bonds. The third-order valence-corrected chi connectivity index (χ3v) is 5.12. The minimum atomic E-state index is -0.501. The normalized spacial score (nSPS) is 10.4. The Morgan fingerprint density at radius 1 is 1.12 bits per heavy atom. The second kappa shape index (κ2) is 11.0. The van der Waals surface area contributed by atoms with E-state index in [0.29, 0.717) is 28.2 Å². The van der Waals surface area contributed by atoms with E-state index in [1.54, 1.807) is 56.5 Å². The number of methoxy groups -OCH3 is 1. The monoisotopic (exact) mass is 457 g/mol. The van der Waals surface area contributed by atoms with Crippen molar-refractivity contribution in [3.05, 3.63) is 59.9 Å². The molecule has 1 aromatic heterocycles. The maximum Gasteiger partial charge on any atom is 0.340 e. The Morgan fingerprint density at radius 2 is 1.91 bits per heavy atom. The van der Waals surface area contributed by atoms with Gasteiger partial charge in [0.15, 0.2) is 5.82 Å². The van der Waals surface area contributed by atoms with Gasteiger partial charge in [-0.3, -0.25) is 4.79 Å². The van der Waals surface area contributed by atoms with Gasteiger partial charge in [0, 0.05) is 6.07 Å². The van der Waals surface area contributed by atoms with Crippen molar-refractivity contribution in [2.75, 3.05) is 30.6 Å². The molecule has 0 aliphatic carbocycles. The number of benzene rings is 2. The standard InChI is InChI=1S/C21H23N5O5S/c1-3-30-20(28)16-9-4-5-10-17(16)23-19(27)13-32-21-25-24-18(26(21)22)12-31-15-8-6-7-14(11-15)29-2/h4-11H,3,12-13,22H2,1-2H3,(H,23,27). The largest absolute Gasteiger partial charge is 0.497 e. The molecule has 11 heteroatoms. The van der Waals surface area contributed by atoms with Gasteiger partial charge >= 0.3 is 5.97 Å². The van der Waals surface area contributed by atoms with Gasteiger partial charge in [0.1, 0.15) is 18.1 Å². The van der Waals surface area contributed by atoms with Crippen LogP contribution in [0, 0.1) is 0 Å². The SMILES string of the molecule is CCOC(=O)c1ccccc1NC(=O)CSc1nnc(COc2cccc(OC)c2)n1N. The van der Waals surface area contributed by atoms with Crippen molar-refractivity contribution in [1.82, 2.24) is 14.9 Å². The van der Waals surface area contributed by atoms with Gasteiger partial charge in [0.25, 0.3) is 0 Å². The fourth-order valence-electron chi connectivity index (χ4n) is 2.64. The van der Waals surface area contributed by atoms with Crippen LogP contribution in [0.25, 0.3) is 0 Å². The number of hydrogen-bond donors (Lipinski definition) is 2. The molecule has 3 rings (SSSR count). The molecule has 3 N–H and O–H groups in total. The molecule has 0 saturated carbocycles. The summed E-state index contributed by atoms with van der Waals surface area (Å²) in [6, 6.07) is 13.8. The molecule has 32 heavy (non-hydrogen) atoms. The van der Waals surface area contributed by atoms with E-state index in [-0.39, 0.29) is 30.4 Å². The van der Waals surface area contributed by atoms with Crippen LogP contribution in [0.4, 0.5) is 5.69 Å². The van der Waals surface area contributed by atoms with E-state index in [1.165, 1.54) is 4.68 Å². The summed E-state index contributed by atoms with van der Waals surface area (Å²) < 4.78 is 17.1. The molecule has 0 aliphatic rings. The third-order valence-electron chi connectivity index (χ3n) is 4.17. The van der Waals surface area contributed by atoms with Gasteiger partial charge in [-0.1, -0.05) is 30.0 Å². The van der Waals surface area contributed by atoms with Crippen LogP contribution >= 0.6 is 11.8 Å². The van der Waals surface area contributed by atoms with Crippen molar-refractivity contribution in [3.63, 3.8) is 0 Å². The molecule has 0 atom stereocenters. The Labute approximate surface area is 189 Å². The molecule has 0 unspecified atom stereocenters. The Kier molecular flexibility index (Phi) is 7.92. The molecule has 10 nitrogen and oxygen atoms in total. The Bertz CT molecular complexity index is 1090. The van der Waals surface area contributed by atoms with Crippen molar-refractivity contribution in [1.29, 1.82) is 0 Å². The van der Waals surface area contributed by atoms with Gasteiger partial charge < -0.3 is 25.4 Å². The average molecular weight is 458 g/mol. The summed E-state index contributed by atoms with van der Waals surface area (Å²) in [5.41, 5.74) is 0.657. The maximum absolute atomic E-state index is 12.4. The summed E-state index contributed by atoms with van der Waals surface area (Å²) in [6.07, 6.45) is 0. The summed E-state index contributed by atoms with van der Waals surface area (Å²) in [5.74, 6) is 6.88. The number of amides is 1. The highest BCUT2D eigenvalue weighted by Crippen LogP contribution is 2.21. The van der Waals surface area contributed by atoms with Crippen molar-refractivity contribution in [2.24, 2.45) is 0 Å². The summed E-state index contributed by atoms with van der Waals surface area (Å²) in [5, 5.41) is 11.1. The topological polar surface area (TPSA) is 131 Å². The lowest BCUT2D eigenvalue weighted by Crippen LogP contribution is -2.19. The van der Waals surface area contributed by atoms with Crippen LogP contribution in [0.3, 0.4) is 0 Å². The van der Waals surface area contributed by atoms with Crippen LogP contribution in [0.1, 0.15) is 23.1 Å². The summed E-state index contributed by atoms with van der Waals surface area (Å²) in [4.78, 5) is 24.4. The molecule has 2 aromatic carbocycles. The number of nitrogens with one attached hydrogen (secondary N) is 1. The molecule has 0 bridgehead atoms. The fraction of sp³-hybridized carbons (Fsp3) is 0.238. The van der Waals surface area contributed by atoms with Crippen LogP contribution in [0.15, 0.2) is 53.7 Å². The van der Waals surface area contributed by atoms with Crippen LogP contribution in [0.2, 0.25) is 0 Å². The molecule has 1 heterocycles. The number of hydrogen-bond acceptors (Lipinski definition) is 9. The predicted molar refractivity (Wildman–Crippen MR) is 119 cm³/mol. The van der Waals surface area contributed by atoms with Crippen LogP contribution in [-0.2, 0) is 16.1 Å². The lowest BCUT2D eigenvalue weighted by Gasteiger charge is -2.10. The van der Waals surface area contributed by atoms with E-state index in [4.69, 9.17) is 20.1 Å². The number of nitrogens with two attached hydrogens (primary N) is 1. The number of esters is 1. The van der Waals surface area contributed by atoms with Gasteiger partial charge in [-0.2, -0.15) is 0 Å². The van der Waals surface area contributed by atoms with Crippen molar-refractivity contribution in [3.8, 4) is 11.5 Å². The zero-order valence-electron chi connectivity index (χ0n) is 17.6. The molecular weight excluding hydrogens is 434 g/mol. The summed E-state index contributed by atoms with van der Waals surface area (Å²) in [7, 11) is 1.57. The van der Waals surface area contributed by atoms with Crippen LogP contribution in [0.5, 0.6) is 11.5 Å². The van der Waals surface area contributed by atoms with Crippen LogP contribution < -0.4 is 20.6 Å². The Hall–Kier alpha value is -3.73. The lowest BCUT2D eigenvalue weighted by molar-refractivity contribution is -0.113. The highest BCUT2D eigenvalue weighted by atomic mass is 32.2. The van der Waals surface area contributed by atoms with E-state index in [2.05, 4.69) is 15.5 Å². The Morgan fingerprint density at radius 3 is 2.69 bits per heavy atom. The minimum absolute atomic E-state index is 0.0171. The van der Waals surface area contributed by atoms with E-state index in [1.807, 2.05) is 6.07 Å². The van der Waals surface area contributed by atoms with Gasteiger partial charge in [-0.25, -0.2) is 9.47 Å². The molecule has 0 aliphatic heterocycles. The number of carbonyl (C=O) groups excluding carboxylic acids is 2. The first-order valence-electron chi connectivity index (χ1n) is 9.66. The molecule has 3 aromatic rings. The smallest absolute Gasteiger partial charge is 0.340 e. The van der Waals surface area contributed by atoms with Crippen LogP contribution in [-0.4, -0.2) is 46.2 Å². The number of carbonyl (C=O) groups is 2. The molecule has 0 saturated heterocycles. The first-order valence-corrected chi connectivity index (χ1v) is 10.7. The molecule has 0 fully saturated rings. The zero-order chi connectivity index (χ0) is 22.9. The number of anilines is 1.